The van der Waals surface area contributed by atoms with Crippen LogP contribution in [0.1, 0.15) is 37.8 Å². The van der Waals surface area contributed by atoms with Crippen LogP contribution in [-0.2, 0) is 23.0 Å². The molecule has 0 aliphatic carbocycles. The maximum Gasteiger partial charge on any atom is 0.222 e. The van der Waals surface area contributed by atoms with Crippen LogP contribution in [-0.4, -0.2) is 46.9 Å². The molecule has 0 bridgehead atoms. The second kappa shape index (κ2) is 7.43. The van der Waals surface area contributed by atoms with Gasteiger partial charge in [0.15, 0.2) is 0 Å². The van der Waals surface area contributed by atoms with Crippen molar-refractivity contribution in [2.75, 3.05) is 20.2 Å². The summed E-state index contributed by atoms with van der Waals surface area (Å²) in [5, 5.41) is 4.11. The molecule has 20 heavy (non-hydrogen) atoms. The van der Waals surface area contributed by atoms with E-state index in [1.54, 1.807) is 6.20 Å². The van der Waals surface area contributed by atoms with Gasteiger partial charge in [-0.15, -0.1) is 0 Å². The van der Waals surface area contributed by atoms with Crippen LogP contribution >= 0.6 is 0 Å². The van der Waals surface area contributed by atoms with Crippen LogP contribution in [0.5, 0.6) is 0 Å². The summed E-state index contributed by atoms with van der Waals surface area (Å²) in [6, 6.07) is 1.96. The Kier molecular flexibility index (Phi) is 5.59. The van der Waals surface area contributed by atoms with Gasteiger partial charge in [0, 0.05) is 45.6 Å². The maximum absolute atomic E-state index is 12.1. The van der Waals surface area contributed by atoms with Gasteiger partial charge in [0.2, 0.25) is 5.91 Å². The average Bonchev–Trinajstić information content (AvgIpc) is 2.88. The van der Waals surface area contributed by atoms with Crippen molar-refractivity contribution in [2.45, 2.75) is 44.6 Å². The van der Waals surface area contributed by atoms with Crippen molar-refractivity contribution >= 4 is 5.91 Å². The van der Waals surface area contributed by atoms with Crippen molar-refractivity contribution < 1.29 is 9.53 Å². The lowest BCUT2D eigenvalue weighted by molar-refractivity contribution is -0.130. The Morgan fingerprint density at radius 3 is 3.05 bits per heavy atom. The Bertz CT molecular complexity index is 425. The Hall–Kier alpha value is -1.36. The molecule has 2 heterocycles. The monoisotopic (exact) mass is 279 g/mol. The molecule has 1 fully saturated rings. The fourth-order valence-electron chi connectivity index (χ4n) is 2.57. The minimum atomic E-state index is 0.196. The van der Waals surface area contributed by atoms with E-state index in [2.05, 4.69) is 5.10 Å². The first-order valence-electron chi connectivity index (χ1n) is 7.49. The summed E-state index contributed by atoms with van der Waals surface area (Å²) < 4.78 is 7.52. The number of amides is 1. The standard InChI is InChI=1S/C15H25N3O2/c1-17(11-9-14-5-3-4-12-20-14)15(19)7-6-13-8-10-16-18(13)2/h8,10,14H,3-7,9,11-12H2,1-2H3. The first-order valence-corrected chi connectivity index (χ1v) is 7.49. The van der Waals surface area contributed by atoms with E-state index in [0.717, 1.165) is 38.1 Å². The molecule has 0 spiro atoms. The first kappa shape index (κ1) is 15.0. The van der Waals surface area contributed by atoms with Crippen molar-refractivity contribution in [3.63, 3.8) is 0 Å². The zero-order valence-electron chi connectivity index (χ0n) is 12.5. The lowest BCUT2D eigenvalue weighted by Crippen LogP contribution is -2.31. The maximum atomic E-state index is 12.1. The third-order valence-corrected chi connectivity index (χ3v) is 4.00. The zero-order valence-corrected chi connectivity index (χ0v) is 12.5. The van der Waals surface area contributed by atoms with Crippen molar-refractivity contribution in [3.8, 4) is 0 Å². The number of carbonyl (C=O) groups is 1. The van der Waals surface area contributed by atoms with Gasteiger partial charge >= 0.3 is 0 Å². The van der Waals surface area contributed by atoms with Crippen LogP contribution in [0.25, 0.3) is 0 Å². The van der Waals surface area contributed by atoms with E-state index in [1.165, 1.54) is 12.8 Å². The van der Waals surface area contributed by atoms with Crippen LogP contribution in [0, 0.1) is 0 Å². The molecule has 1 atom stereocenters. The molecule has 1 saturated heterocycles. The Morgan fingerprint density at radius 1 is 1.55 bits per heavy atom. The first-order chi connectivity index (χ1) is 9.66. The fourth-order valence-corrected chi connectivity index (χ4v) is 2.57. The number of nitrogens with zero attached hydrogens (tertiary/aromatic N) is 3. The molecule has 1 aliphatic heterocycles. The molecular formula is C15H25N3O2. The lowest BCUT2D eigenvalue weighted by Gasteiger charge is -2.25. The van der Waals surface area contributed by atoms with Crippen LogP contribution < -0.4 is 0 Å². The highest BCUT2D eigenvalue weighted by molar-refractivity contribution is 5.76. The summed E-state index contributed by atoms with van der Waals surface area (Å²) >= 11 is 0. The summed E-state index contributed by atoms with van der Waals surface area (Å²) in [6.07, 6.45) is 7.92. The fraction of sp³-hybridized carbons (Fsp3) is 0.733. The Balaban J connectivity index is 1.67. The summed E-state index contributed by atoms with van der Waals surface area (Å²) in [7, 11) is 3.79. The summed E-state index contributed by atoms with van der Waals surface area (Å²) in [4.78, 5) is 13.9. The predicted molar refractivity (Wildman–Crippen MR) is 77.4 cm³/mol. The molecule has 1 aromatic heterocycles. The van der Waals surface area contributed by atoms with E-state index in [1.807, 2.05) is 29.7 Å². The van der Waals surface area contributed by atoms with E-state index >= 15 is 0 Å². The number of carbonyl (C=O) groups excluding carboxylic acids is 1. The molecule has 0 N–H and O–H groups in total. The highest BCUT2D eigenvalue weighted by atomic mass is 16.5. The molecule has 0 aromatic carbocycles. The van der Waals surface area contributed by atoms with E-state index in [4.69, 9.17) is 4.74 Å². The van der Waals surface area contributed by atoms with Gasteiger partial charge in [-0.2, -0.15) is 5.10 Å². The smallest absolute Gasteiger partial charge is 0.222 e. The number of hydrogen-bond donors (Lipinski definition) is 0. The van der Waals surface area contributed by atoms with E-state index in [9.17, 15) is 4.79 Å². The number of aryl methyl sites for hydroxylation is 2. The lowest BCUT2D eigenvalue weighted by atomic mass is 10.1. The highest BCUT2D eigenvalue weighted by Crippen LogP contribution is 2.16. The summed E-state index contributed by atoms with van der Waals surface area (Å²) in [6.45, 7) is 1.66. The van der Waals surface area contributed by atoms with Gasteiger partial charge in [-0.25, -0.2) is 0 Å². The second-order valence-electron chi connectivity index (χ2n) is 5.54. The van der Waals surface area contributed by atoms with Crippen molar-refractivity contribution in [1.29, 1.82) is 0 Å². The van der Waals surface area contributed by atoms with Crippen molar-refractivity contribution in [3.05, 3.63) is 18.0 Å². The van der Waals surface area contributed by atoms with E-state index in [-0.39, 0.29) is 5.91 Å². The second-order valence-corrected chi connectivity index (χ2v) is 5.54. The largest absolute Gasteiger partial charge is 0.378 e. The molecule has 0 saturated carbocycles. The third-order valence-electron chi connectivity index (χ3n) is 4.00. The Labute approximate surface area is 120 Å². The third kappa shape index (κ3) is 4.34. The molecule has 1 amide bonds. The molecule has 5 nitrogen and oxygen atoms in total. The minimum Gasteiger partial charge on any atom is -0.378 e. The van der Waals surface area contributed by atoms with Gasteiger partial charge in [0.1, 0.15) is 0 Å². The molecule has 1 unspecified atom stereocenters. The highest BCUT2D eigenvalue weighted by Gasteiger charge is 2.16. The van der Waals surface area contributed by atoms with Crippen molar-refractivity contribution in [2.24, 2.45) is 7.05 Å². The van der Waals surface area contributed by atoms with Gasteiger partial charge in [0.05, 0.1) is 6.10 Å². The zero-order chi connectivity index (χ0) is 14.4. The molecule has 1 aromatic rings. The predicted octanol–water partition coefficient (Wildman–Crippen LogP) is 1.77. The number of ether oxygens (including phenoxy) is 1. The molecule has 2 rings (SSSR count). The van der Waals surface area contributed by atoms with Gasteiger partial charge < -0.3 is 9.64 Å². The average molecular weight is 279 g/mol. The number of hydrogen-bond acceptors (Lipinski definition) is 3. The number of aromatic nitrogens is 2. The summed E-state index contributed by atoms with van der Waals surface area (Å²) in [5.74, 6) is 0.196. The molecule has 1 aliphatic rings. The van der Waals surface area contributed by atoms with E-state index in [0.29, 0.717) is 12.5 Å². The van der Waals surface area contributed by atoms with Crippen LogP contribution in [0.4, 0.5) is 0 Å². The normalized spacial score (nSPS) is 19.0. The van der Waals surface area contributed by atoms with Crippen LogP contribution in [0.3, 0.4) is 0 Å². The minimum absolute atomic E-state index is 0.196. The quantitative estimate of drug-likeness (QED) is 0.797. The number of rotatable bonds is 6. The topological polar surface area (TPSA) is 47.4 Å². The van der Waals surface area contributed by atoms with Gasteiger partial charge in [0.25, 0.3) is 0 Å². The Morgan fingerprint density at radius 2 is 2.40 bits per heavy atom. The molecule has 112 valence electrons. The molecule has 0 radical (unpaired) electrons. The van der Waals surface area contributed by atoms with Gasteiger partial charge in [-0.3, -0.25) is 9.48 Å². The van der Waals surface area contributed by atoms with Gasteiger partial charge in [-0.1, -0.05) is 0 Å². The van der Waals surface area contributed by atoms with Gasteiger partial charge in [-0.05, 0) is 38.2 Å². The van der Waals surface area contributed by atoms with Crippen molar-refractivity contribution in [1.82, 2.24) is 14.7 Å². The van der Waals surface area contributed by atoms with E-state index < -0.39 is 0 Å². The summed E-state index contributed by atoms with van der Waals surface area (Å²) in [5.41, 5.74) is 1.10. The van der Waals surface area contributed by atoms with Crippen LogP contribution in [0.2, 0.25) is 0 Å². The molecule has 5 heteroatoms. The SMILES string of the molecule is CN(CCC1CCCCO1)C(=O)CCc1ccnn1C. The molecular weight excluding hydrogens is 254 g/mol. The van der Waals surface area contributed by atoms with Crippen LogP contribution in [0.15, 0.2) is 12.3 Å².